The average Bonchev–Trinajstić information content (AvgIpc) is 3.16. The molecule has 1 aliphatic heterocycles. The standard InChI is InChI=1S/C21H30O4/c1-19-7-5-14(22)11-13(19)12-21(24-9-10-25-21)18-15-3-4-17(23)20(15,2)8-6-16(18)19/h13,15-16,18H,3-12H2,1-2H3/t13-,15-,16-,18+,19+,20+/m1/s1. The molecule has 4 heteroatoms. The van der Waals surface area contributed by atoms with E-state index < -0.39 is 5.79 Å². The predicted octanol–water partition coefficient (Wildman–Crippen LogP) is 3.52. The first-order valence-corrected chi connectivity index (χ1v) is 10.2. The van der Waals surface area contributed by atoms with Crippen molar-refractivity contribution in [2.75, 3.05) is 13.2 Å². The lowest BCUT2D eigenvalue weighted by Crippen LogP contribution is -2.63. The normalized spacial score (nSPS) is 51.3. The van der Waals surface area contributed by atoms with Gasteiger partial charge in [-0.2, -0.15) is 0 Å². The van der Waals surface area contributed by atoms with Gasteiger partial charge < -0.3 is 9.47 Å². The summed E-state index contributed by atoms with van der Waals surface area (Å²) in [6.07, 6.45) is 7.07. The van der Waals surface area contributed by atoms with Gasteiger partial charge in [0.25, 0.3) is 0 Å². The molecule has 0 amide bonds. The van der Waals surface area contributed by atoms with Gasteiger partial charge in [-0.15, -0.1) is 0 Å². The van der Waals surface area contributed by atoms with E-state index in [9.17, 15) is 9.59 Å². The van der Waals surface area contributed by atoms with Crippen molar-refractivity contribution in [1.82, 2.24) is 0 Å². The Labute approximate surface area is 150 Å². The van der Waals surface area contributed by atoms with Crippen LogP contribution < -0.4 is 0 Å². The molecular formula is C21H30O4. The molecule has 25 heavy (non-hydrogen) atoms. The third-order valence-corrected chi connectivity index (χ3v) is 8.99. The molecule has 138 valence electrons. The maximum atomic E-state index is 12.7. The Hall–Kier alpha value is -0.740. The fourth-order valence-electron chi connectivity index (χ4n) is 7.54. The van der Waals surface area contributed by atoms with Gasteiger partial charge in [0.05, 0.1) is 13.2 Å². The largest absolute Gasteiger partial charge is 0.347 e. The summed E-state index contributed by atoms with van der Waals surface area (Å²) in [5.74, 6) is 1.91. The van der Waals surface area contributed by atoms with E-state index >= 15 is 0 Å². The molecule has 4 aliphatic carbocycles. The second-order valence-corrected chi connectivity index (χ2v) is 9.82. The van der Waals surface area contributed by atoms with Crippen LogP contribution in [0, 0.1) is 34.5 Å². The smallest absolute Gasteiger partial charge is 0.172 e. The van der Waals surface area contributed by atoms with Gasteiger partial charge in [-0.25, -0.2) is 0 Å². The minimum Gasteiger partial charge on any atom is -0.347 e. The molecule has 0 N–H and O–H groups in total. The highest BCUT2D eigenvalue weighted by atomic mass is 16.7. The molecule has 5 aliphatic rings. The number of hydrogen-bond donors (Lipinski definition) is 0. The zero-order valence-corrected chi connectivity index (χ0v) is 15.5. The number of Topliss-reactive ketones (excluding diaryl/α,β-unsaturated/α-hetero) is 2. The van der Waals surface area contributed by atoms with Crippen molar-refractivity contribution in [3.05, 3.63) is 0 Å². The summed E-state index contributed by atoms with van der Waals surface area (Å²) in [5, 5.41) is 0. The first-order valence-electron chi connectivity index (χ1n) is 10.2. The van der Waals surface area contributed by atoms with Gasteiger partial charge in [-0.05, 0) is 48.9 Å². The Morgan fingerprint density at radius 1 is 0.960 bits per heavy atom. The summed E-state index contributed by atoms with van der Waals surface area (Å²) in [5.41, 5.74) is 0.0171. The van der Waals surface area contributed by atoms with Gasteiger partial charge in [0, 0.05) is 37.0 Å². The molecule has 1 spiro atoms. The lowest BCUT2D eigenvalue weighted by molar-refractivity contribution is -0.292. The number of ether oxygens (including phenoxy) is 2. The van der Waals surface area contributed by atoms with E-state index in [-0.39, 0.29) is 10.8 Å². The molecule has 4 nitrogen and oxygen atoms in total. The summed E-state index contributed by atoms with van der Waals surface area (Å²) < 4.78 is 12.6. The van der Waals surface area contributed by atoms with Crippen LogP contribution in [0.2, 0.25) is 0 Å². The SMILES string of the molecule is C[C@]12CCC(=O)C[C@@H]1CC1(OCCO1)[C@@H]1[C@H]2CC[C@]2(C)C(=O)CC[C@H]12. The second kappa shape index (κ2) is 5.16. The maximum absolute atomic E-state index is 12.7. The zero-order valence-electron chi connectivity index (χ0n) is 15.5. The summed E-state index contributed by atoms with van der Waals surface area (Å²) in [6, 6.07) is 0. The third-order valence-electron chi connectivity index (χ3n) is 8.99. The molecule has 0 aromatic carbocycles. The highest BCUT2D eigenvalue weighted by Crippen LogP contribution is 2.68. The summed E-state index contributed by atoms with van der Waals surface area (Å²) >= 11 is 0. The van der Waals surface area contributed by atoms with Crippen LogP contribution in [-0.2, 0) is 19.1 Å². The third kappa shape index (κ3) is 2.01. The van der Waals surface area contributed by atoms with Crippen molar-refractivity contribution in [2.24, 2.45) is 34.5 Å². The van der Waals surface area contributed by atoms with Gasteiger partial charge in [-0.3, -0.25) is 9.59 Å². The number of ketones is 2. The van der Waals surface area contributed by atoms with E-state index in [0.29, 0.717) is 54.9 Å². The number of rotatable bonds is 0. The van der Waals surface area contributed by atoms with Crippen LogP contribution in [-0.4, -0.2) is 30.6 Å². The van der Waals surface area contributed by atoms with E-state index in [1.807, 2.05) is 0 Å². The molecule has 0 aromatic heterocycles. The molecule has 0 radical (unpaired) electrons. The van der Waals surface area contributed by atoms with Crippen LogP contribution >= 0.6 is 0 Å². The van der Waals surface area contributed by atoms with Crippen LogP contribution in [0.4, 0.5) is 0 Å². The van der Waals surface area contributed by atoms with Crippen LogP contribution in [0.3, 0.4) is 0 Å². The fraction of sp³-hybridized carbons (Fsp3) is 0.905. The monoisotopic (exact) mass is 346 g/mol. The van der Waals surface area contributed by atoms with E-state index in [1.54, 1.807) is 0 Å². The molecule has 0 aromatic rings. The minimum atomic E-state index is -0.538. The topological polar surface area (TPSA) is 52.6 Å². The Kier molecular flexibility index (Phi) is 3.39. The summed E-state index contributed by atoms with van der Waals surface area (Å²) in [4.78, 5) is 24.9. The quantitative estimate of drug-likeness (QED) is 0.673. The molecule has 0 bridgehead atoms. The average molecular weight is 346 g/mol. The molecule has 6 atom stereocenters. The summed E-state index contributed by atoms with van der Waals surface area (Å²) in [7, 11) is 0. The van der Waals surface area contributed by atoms with E-state index in [0.717, 1.165) is 44.9 Å². The van der Waals surface area contributed by atoms with Crippen LogP contribution in [0.25, 0.3) is 0 Å². The van der Waals surface area contributed by atoms with Crippen molar-refractivity contribution in [3.63, 3.8) is 0 Å². The van der Waals surface area contributed by atoms with Crippen molar-refractivity contribution in [2.45, 2.75) is 71.0 Å². The van der Waals surface area contributed by atoms with Gasteiger partial charge >= 0.3 is 0 Å². The molecule has 5 rings (SSSR count). The van der Waals surface area contributed by atoms with Crippen LogP contribution in [0.5, 0.6) is 0 Å². The van der Waals surface area contributed by atoms with Crippen molar-refractivity contribution in [1.29, 1.82) is 0 Å². The fourth-order valence-corrected chi connectivity index (χ4v) is 7.54. The van der Waals surface area contributed by atoms with E-state index in [2.05, 4.69) is 13.8 Å². The van der Waals surface area contributed by atoms with Gasteiger partial charge in [-0.1, -0.05) is 13.8 Å². The minimum absolute atomic E-state index is 0.183. The predicted molar refractivity (Wildman–Crippen MR) is 91.8 cm³/mol. The lowest BCUT2D eigenvalue weighted by atomic mass is 9.43. The number of carbonyl (C=O) groups is 2. The maximum Gasteiger partial charge on any atom is 0.172 e. The Balaban J connectivity index is 1.60. The molecular weight excluding hydrogens is 316 g/mol. The molecule has 1 heterocycles. The van der Waals surface area contributed by atoms with E-state index in [4.69, 9.17) is 9.47 Å². The van der Waals surface area contributed by atoms with Gasteiger partial charge in [0.15, 0.2) is 5.79 Å². The highest BCUT2D eigenvalue weighted by Gasteiger charge is 2.68. The van der Waals surface area contributed by atoms with Crippen molar-refractivity contribution >= 4 is 11.6 Å². The first-order chi connectivity index (χ1) is 11.9. The van der Waals surface area contributed by atoms with Crippen molar-refractivity contribution < 1.29 is 19.1 Å². The second-order valence-electron chi connectivity index (χ2n) is 9.82. The highest BCUT2D eigenvalue weighted by molar-refractivity contribution is 5.87. The lowest BCUT2D eigenvalue weighted by Gasteiger charge is -2.63. The Morgan fingerprint density at radius 3 is 2.48 bits per heavy atom. The zero-order chi connectivity index (χ0) is 17.4. The summed E-state index contributed by atoms with van der Waals surface area (Å²) in [6.45, 7) is 5.92. The number of hydrogen-bond acceptors (Lipinski definition) is 4. The van der Waals surface area contributed by atoms with Crippen molar-refractivity contribution in [3.8, 4) is 0 Å². The molecule has 5 fully saturated rings. The van der Waals surface area contributed by atoms with Crippen LogP contribution in [0.15, 0.2) is 0 Å². The van der Waals surface area contributed by atoms with Gasteiger partial charge in [0.1, 0.15) is 11.6 Å². The van der Waals surface area contributed by atoms with Crippen LogP contribution in [0.1, 0.15) is 65.2 Å². The molecule has 0 unspecified atom stereocenters. The molecule has 1 saturated heterocycles. The number of carbonyl (C=O) groups excluding carboxylic acids is 2. The Bertz CT molecular complexity index is 621. The Morgan fingerprint density at radius 2 is 1.72 bits per heavy atom. The first kappa shape index (κ1) is 16.4. The van der Waals surface area contributed by atoms with Gasteiger partial charge in [0.2, 0.25) is 0 Å². The van der Waals surface area contributed by atoms with E-state index in [1.165, 1.54) is 0 Å². The number of fused-ring (bicyclic) bond motifs is 6. The molecule has 4 saturated carbocycles.